The predicted molar refractivity (Wildman–Crippen MR) is 116 cm³/mol. The number of nitrogens with two attached hydrogens (primary N) is 1. The molecule has 0 aromatic heterocycles. The van der Waals surface area contributed by atoms with Crippen molar-refractivity contribution in [1.82, 2.24) is 9.80 Å². The van der Waals surface area contributed by atoms with Crippen LogP contribution in [-0.2, 0) is 26.4 Å². The van der Waals surface area contributed by atoms with Crippen LogP contribution in [0, 0.1) is 0 Å². The van der Waals surface area contributed by atoms with Crippen LogP contribution in [0.3, 0.4) is 0 Å². The zero-order chi connectivity index (χ0) is 21.4. The van der Waals surface area contributed by atoms with Crippen LogP contribution >= 0.6 is 0 Å². The fourth-order valence-electron chi connectivity index (χ4n) is 4.23. The molecular formula is C24H31N3O3. The van der Waals surface area contributed by atoms with Gasteiger partial charge in [0.2, 0.25) is 5.91 Å². The normalized spacial score (nSPS) is 17.2. The van der Waals surface area contributed by atoms with E-state index in [2.05, 4.69) is 34.1 Å². The van der Waals surface area contributed by atoms with E-state index in [1.807, 2.05) is 36.4 Å². The summed E-state index contributed by atoms with van der Waals surface area (Å²) in [6.07, 6.45) is 0.432. The summed E-state index contributed by atoms with van der Waals surface area (Å²) in [4.78, 5) is 29.5. The summed E-state index contributed by atoms with van der Waals surface area (Å²) < 4.78 is 5.52. The van der Waals surface area contributed by atoms with Crippen LogP contribution in [0.25, 0.3) is 0 Å². The van der Waals surface area contributed by atoms with E-state index in [-0.39, 0.29) is 19.0 Å². The zero-order valence-corrected chi connectivity index (χ0v) is 17.6. The predicted octanol–water partition coefficient (Wildman–Crippen LogP) is 2.53. The van der Waals surface area contributed by atoms with E-state index in [4.69, 9.17) is 10.5 Å². The molecule has 1 heterocycles. The number of hydrogen-bond acceptors (Lipinski definition) is 5. The van der Waals surface area contributed by atoms with E-state index >= 15 is 0 Å². The van der Waals surface area contributed by atoms with Crippen molar-refractivity contribution in [2.24, 2.45) is 5.73 Å². The van der Waals surface area contributed by atoms with Crippen LogP contribution in [0.5, 0.6) is 0 Å². The number of esters is 1. The van der Waals surface area contributed by atoms with E-state index < -0.39 is 11.4 Å². The lowest BCUT2D eigenvalue weighted by molar-refractivity contribution is -0.161. The monoisotopic (exact) mass is 409 g/mol. The Hall–Kier alpha value is -2.70. The van der Waals surface area contributed by atoms with Gasteiger partial charge in [-0.15, -0.1) is 0 Å². The maximum absolute atomic E-state index is 13.3. The molecule has 1 unspecified atom stereocenters. The molecule has 2 N–H and O–H groups in total. The van der Waals surface area contributed by atoms with Gasteiger partial charge < -0.3 is 10.5 Å². The van der Waals surface area contributed by atoms with Crippen LogP contribution in [0.15, 0.2) is 60.7 Å². The van der Waals surface area contributed by atoms with Crippen LogP contribution in [0.1, 0.15) is 30.9 Å². The van der Waals surface area contributed by atoms with E-state index in [1.54, 1.807) is 6.92 Å². The molecule has 0 bridgehead atoms. The molecule has 1 atom stereocenters. The summed E-state index contributed by atoms with van der Waals surface area (Å²) in [6, 6.07) is 20.0. The molecule has 1 aliphatic heterocycles. The number of amides is 1. The molecule has 160 valence electrons. The Kier molecular flexibility index (Phi) is 7.60. The molecule has 2 aromatic rings. The number of hydrogen-bond donors (Lipinski definition) is 1. The quantitative estimate of drug-likeness (QED) is 0.644. The number of primary amides is 1. The number of piperazine rings is 1. The van der Waals surface area contributed by atoms with Gasteiger partial charge in [0.05, 0.1) is 6.61 Å². The van der Waals surface area contributed by atoms with E-state index in [0.717, 1.165) is 25.2 Å². The molecule has 0 spiro atoms. The van der Waals surface area contributed by atoms with Crippen molar-refractivity contribution < 1.29 is 14.3 Å². The molecule has 3 rings (SSSR count). The third kappa shape index (κ3) is 5.07. The molecule has 0 saturated carbocycles. The Morgan fingerprint density at radius 1 is 0.967 bits per heavy atom. The van der Waals surface area contributed by atoms with Crippen LogP contribution in [-0.4, -0.2) is 54.5 Å². The van der Waals surface area contributed by atoms with Gasteiger partial charge in [0.1, 0.15) is 5.54 Å². The molecule has 6 nitrogen and oxygen atoms in total. The van der Waals surface area contributed by atoms with Crippen molar-refractivity contribution in [3.8, 4) is 0 Å². The number of rotatable bonds is 9. The van der Waals surface area contributed by atoms with Gasteiger partial charge in [-0.25, -0.2) is 4.79 Å². The minimum atomic E-state index is -1.01. The first-order valence-corrected chi connectivity index (χ1v) is 10.6. The van der Waals surface area contributed by atoms with E-state index in [1.165, 1.54) is 5.56 Å². The Morgan fingerprint density at radius 3 is 2.13 bits per heavy atom. The maximum Gasteiger partial charge on any atom is 0.331 e. The first-order valence-electron chi connectivity index (χ1n) is 10.6. The minimum absolute atomic E-state index is 0.123. The summed E-state index contributed by atoms with van der Waals surface area (Å²) in [5.41, 5.74) is 6.59. The van der Waals surface area contributed by atoms with Gasteiger partial charge in [0.25, 0.3) is 0 Å². The molecule has 6 heteroatoms. The van der Waals surface area contributed by atoms with Crippen LogP contribution < -0.4 is 5.73 Å². The lowest BCUT2D eigenvalue weighted by Gasteiger charge is -2.46. The largest absolute Gasteiger partial charge is 0.464 e. The molecular weight excluding hydrogens is 378 g/mol. The van der Waals surface area contributed by atoms with Crippen LogP contribution in [0.4, 0.5) is 0 Å². The second kappa shape index (κ2) is 10.4. The maximum atomic E-state index is 13.3. The molecule has 1 aliphatic rings. The standard InChI is InChI=1S/C24H31N3O3/c1-2-30-23(29)24(14-13-22(25)28,21-11-7-4-8-12-21)27-17-15-26(16-18-27)19-20-9-5-3-6-10-20/h3-12H,2,13-19H2,1H3,(H2,25,28). The summed E-state index contributed by atoms with van der Waals surface area (Å²) >= 11 is 0. The van der Waals surface area contributed by atoms with Gasteiger partial charge in [-0.05, 0) is 24.5 Å². The molecule has 1 amide bonds. The summed E-state index contributed by atoms with van der Waals surface area (Å²) in [5, 5.41) is 0. The zero-order valence-electron chi connectivity index (χ0n) is 17.6. The third-order valence-corrected chi connectivity index (χ3v) is 5.76. The summed E-state index contributed by atoms with van der Waals surface area (Å²) in [5.74, 6) is -0.726. The first kappa shape index (κ1) is 22.0. The highest BCUT2D eigenvalue weighted by molar-refractivity contribution is 5.84. The molecule has 0 aliphatic carbocycles. The van der Waals surface area contributed by atoms with Crippen molar-refractivity contribution >= 4 is 11.9 Å². The van der Waals surface area contributed by atoms with Gasteiger partial charge in [-0.3, -0.25) is 14.6 Å². The lowest BCUT2D eigenvalue weighted by atomic mass is 9.82. The number of carbonyl (C=O) groups is 2. The number of nitrogens with zero attached hydrogens (tertiary/aromatic N) is 2. The van der Waals surface area contributed by atoms with E-state index in [9.17, 15) is 9.59 Å². The average molecular weight is 410 g/mol. The van der Waals surface area contributed by atoms with Gasteiger partial charge in [0.15, 0.2) is 0 Å². The van der Waals surface area contributed by atoms with Crippen molar-refractivity contribution in [1.29, 1.82) is 0 Å². The minimum Gasteiger partial charge on any atom is -0.464 e. The third-order valence-electron chi connectivity index (χ3n) is 5.76. The SMILES string of the molecule is CCOC(=O)C(CCC(N)=O)(c1ccccc1)N1CCN(Cc2ccccc2)CC1. The van der Waals surface area contributed by atoms with Gasteiger partial charge in [-0.2, -0.15) is 0 Å². The van der Waals surface area contributed by atoms with Crippen molar-refractivity contribution in [3.05, 3.63) is 71.8 Å². The Morgan fingerprint density at radius 2 is 1.57 bits per heavy atom. The van der Waals surface area contributed by atoms with E-state index in [0.29, 0.717) is 19.5 Å². The molecule has 1 fully saturated rings. The Bertz CT molecular complexity index is 820. The lowest BCUT2D eigenvalue weighted by Crippen LogP contribution is -2.59. The highest BCUT2D eigenvalue weighted by Gasteiger charge is 2.47. The van der Waals surface area contributed by atoms with Crippen molar-refractivity contribution in [2.45, 2.75) is 31.8 Å². The van der Waals surface area contributed by atoms with Crippen LogP contribution in [0.2, 0.25) is 0 Å². The highest BCUT2D eigenvalue weighted by atomic mass is 16.5. The molecule has 0 radical (unpaired) electrons. The van der Waals surface area contributed by atoms with Crippen molar-refractivity contribution in [3.63, 3.8) is 0 Å². The average Bonchev–Trinajstić information content (AvgIpc) is 2.77. The summed E-state index contributed by atoms with van der Waals surface area (Å²) in [6.45, 7) is 6.06. The topological polar surface area (TPSA) is 75.9 Å². The van der Waals surface area contributed by atoms with Gasteiger partial charge in [-0.1, -0.05) is 60.7 Å². The van der Waals surface area contributed by atoms with Crippen molar-refractivity contribution in [2.75, 3.05) is 32.8 Å². The number of benzene rings is 2. The smallest absolute Gasteiger partial charge is 0.331 e. The number of carbonyl (C=O) groups excluding carboxylic acids is 2. The fourth-order valence-corrected chi connectivity index (χ4v) is 4.23. The summed E-state index contributed by atoms with van der Waals surface area (Å²) in [7, 11) is 0. The fraction of sp³-hybridized carbons (Fsp3) is 0.417. The van der Waals surface area contributed by atoms with Gasteiger partial charge >= 0.3 is 5.97 Å². The Balaban J connectivity index is 1.84. The number of ether oxygens (including phenoxy) is 1. The molecule has 1 saturated heterocycles. The van der Waals surface area contributed by atoms with Gasteiger partial charge in [0, 0.05) is 39.1 Å². The second-order valence-corrected chi connectivity index (χ2v) is 7.66. The second-order valence-electron chi connectivity index (χ2n) is 7.66. The highest BCUT2D eigenvalue weighted by Crippen LogP contribution is 2.36. The molecule has 30 heavy (non-hydrogen) atoms. The molecule has 2 aromatic carbocycles. The first-order chi connectivity index (χ1) is 14.6. The Labute approximate surface area is 178 Å².